The molecule has 0 unspecified atom stereocenters. The molecule has 1 amide bonds. The van der Waals surface area contributed by atoms with E-state index in [1.54, 1.807) is 6.07 Å². The number of likely N-dealkylation sites (N-methyl/N-ethyl adjacent to an activating group) is 1. The first-order valence-corrected chi connectivity index (χ1v) is 14.2. The van der Waals surface area contributed by atoms with E-state index >= 15 is 0 Å². The Morgan fingerprint density at radius 3 is 2.50 bits per heavy atom. The molecule has 1 saturated heterocycles. The molecule has 6 rings (SSSR count). The zero-order chi connectivity index (χ0) is 27.5. The largest absolute Gasteiger partial charge is 0.492 e. The van der Waals surface area contributed by atoms with Crippen LogP contribution in [0, 0.1) is 11.7 Å². The number of rotatable bonds is 1. The van der Waals surface area contributed by atoms with Gasteiger partial charge < -0.3 is 18.9 Å². The minimum atomic E-state index is -0.261. The van der Waals surface area contributed by atoms with Gasteiger partial charge in [-0.2, -0.15) is 0 Å². The van der Waals surface area contributed by atoms with Crippen LogP contribution < -0.4 is 4.74 Å². The smallest absolute Gasteiger partial charge is 0.226 e. The molecule has 1 aromatic heterocycles. The topological polar surface area (TPSA) is 46.9 Å². The molecular weight excluding hydrogens is 505 g/mol. The Labute approximate surface area is 234 Å². The number of aromatic nitrogens is 1. The highest BCUT2D eigenvalue weighted by atomic mass is 19.1. The van der Waals surface area contributed by atoms with E-state index in [4.69, 9.17) is 9.47 Å². The molecule has 6 nitrogen and oxygen atoms in total. The highest BCUT2D eigenvalue weighted by Gasteiger charge is 2.27. The van der Waals surface area contributed by atoms with E-state index in [9.17, 15) is 9.18 Å². The molecule has 0 saturated carbocycles. The predicted octanol–water partition coefficient (Wildman–Crippen LogP) is 5.73. The summed E-state index contributed by atoms with van der Waals surface area (Å²) >= 11 is 0. The third-order valence-electron chi connectivity index (χ3n) is 8.03. The summed E-state index contributed by atoms with van der Waals surface area (Å²) < 4.78 is 28.1. The van der Waals surface area contributed by atoms with Gasteiger partial charge in [0.25, 0.3) is 0 Å². The normalized spacial score (nSPS) is 17.7. The monoisotopic (exact) mass is 541 g/mol. The highest BCUT2D eigenvalue weighted by Crippen LogP contribution is 2.31. The van der Waals surface area contributed by atoms with Crippen molar-refractivity contribution >= 4 is 16.8 Å². The van der Waals surface area contributed by atoms with Crippen LogP contribution in [0.1, 0.15) is 24.0 Å². The molecule has 0 spiro atoms. The van der Waals surface area contributed by atoms with E-state index in [1.165, 1.54) is 11.6 Å². The molecule has 0 aliphatic carbocycles. The number of benzene rings is 3. The van der Waals surface area contributed by atoms with Crippen LogP contribution in [0.4, 0.5) is 4.39 Å². The summed E-state index contributed by atoms with van der Waals surface area (Å²) in [7, 11) is 2.10. The summed E-state index contributed by atoms with van der Waals surface area (Å²) in [5.41, 5.74) is 5.26. The number of hydrogen-bond acceptors (Lipinski definition) is 4. The Kier molecular flexibility index (Phi) is 7.84. The zero-order valence-corrected chi connectivity index (χ0v) is 23.0. The van der Waals surface area contributed by atoms with Crippen LogP contribution in [-0.2, 0) is 29.2 Å². The van der Waals surface area contributed by atoms with Gasteiger partial charge in [0.15, 0.2) is 0 Å². The van der Waals surface area contributed by atoms with Crippen molar-refractivity contribution in [3.8, 4) is 17.0 Å². The number of ether oxygens (including phenoxy) is 2. The van der Waals surface area contributed by atoms with Crippen molar-refractivity contribution in [1.29, 1.82) is 0 Å². The lowest BCUT2D eigenvalue weighted by atomic mass is 9.98. The van der Waals surface area contributed by atoms with Crippen LogP contribution in [0.3, 0.4) is 0 Å². The fourth-order valence-corrected chi connectivity index (χ4v) is 5.91. The Morgan fingerprint density at radius 2 is 1.65 bits per heavy atom. The molecule has 0 atom stereocenters. The Balaban J connectivity index is 1.41. The average Bonchev–Trinajstić information content (AvgIpc) is 3.32. The summed E-state index contributed by atoms with van der Waals surface area (Å²) in [4.78, 5) is 18.1. The van der Waals surface area contributed by atoms with Crippen LogP contribution in [0.5, 0.6) is 5.75 Å². The van der Waals surface area contributed by atoms with Crippen molar-refractivity contribution in [2.24, 2.45) is 5.92 Å². The van der Waals surface area contributed by atoms with Gasteiger partial charge in [-0.25, -0.2) is 4.39 Å². The number of carbonyl (C=O) groups excluding carboxylic acids is 1. The Bertz CT molecular complexity index is 1490. The molecule has 2 aliphatic rings. The summed E-state index contributed by atoms with van der Waals surface area (Å²) in [6, 6.07) is 23.6. The molecule has 0 N–H and O–H groups in total. The lowest BCUT2D eigenvalue weighted by Crippen LogP contribution is -2.40. The van der Waals surface area contributed by atoms with Gasteiger partial charge in [-0.1, -0.05) is 36.4 Å². The van der Waals surface area contributed by atoms with Gasteiger partial charge >= 0.3 is 0 Å². The molecule has 40 heavy (non-hydrogen) atoms. The first-order valence-electron chi connectivity index (χ1n) is 14.2. The van der Waals surface area contributed by atoms with Gasteiger partial charge in [0.05, 0.1) is 0 Å². The SMILES string of the molecule is CN1CCOc2cccc(c2)-c2cc3cc(F)ccc3n2CCN(C(=O)C2CCOCC2)Cc2cccc(c2)C1. The van der Waals surface area contributed by atoms with Crippen molar-refractivity contribution < 1.29 is 18.7 Å². The number of carbonyl (C=O) groups is 1. The highest BCUT2D eigenvalue weighted by molar-refractivity contribution is 5.87. The van der Waals surface area contributed by atoms with Crippen molar-refractivity contribution in [1.82, 2.24) is 14.4 Å². The second-order valence-electron chi connectivity index (χ2n) is 11.0. The second kappa shape index (κ2) is 11.8. The van der Waals surface area contributed by atoms with Gasteiger partial charge in [-0.3, -0.25) is 9.69 Å². The molecular formula is C33H36FN3O3. The van der Waals surface area contributed by atoms with Gasteiger partial charge in [0.1, 0.15) is 18.2 Å². The summed E-state index contributed by atoms with van der Waals surface area (Å²) in [5.74, 6) is 0.698. The van der Waals surface area contributed by atoms with Crippen molar-refractivity contribution in [3.05, 3.63) is 89.7 Å². The quantitative estimate of drug-likeness (QED) is 0.309. The van der Waals surface area contributed by atoms with E-state index in [0.717, 1.165) is 59.4 Å². The van der Waals surface area contributed by atoms with Gasteiger partial charge in [0, 0.05) is 74.0 Å². The fourth-order valence-electron chi connectivity index (χ4n) is 5.91. The third kappa shape index (κ3) is 5.91. The molecule has 1 fully saturated rings. The van der Waals surface area contributed by atoms with E-state index in [2.05, 4.69) is 46.8 Å². The predicted molar refractivity (Wildman–Crippen MR) is 155 cm³/mol. The summed E-state index contributed by atoms with van der Waals surface area (Å²) in [6.07, 6.45) is 1.51. The Hall–Kier alpha value is -3.68. The Morgan fingerprint density at radius 1 is 0.850 bits per heavy atom. The number of halogens is 1. The van der Waals surface area contributed by atoms with Crippen LogP contribution in [0.25, 0.3) is 22.2 Å². The van der Waals surface area contributed by atoms with E-state index < -0.39 is 0 Å². The van der Waals surface area contributed by atoms with Crippen molar-refractivity contribution in [2.75, 3.05) is 40.0 Å². The summed E-state index contributed by atoms with van der Waals surface area (Å²) in [5, 5.41) is 0.840. The van der Waals surface area contributed by atoms with E-state index in [0.29, 0.717) is 39.5 Å². The molecule has 4 bridgehead atoms. The van der Waals surface area contributed by atoms with Crippen LogP contribution >= 0.6 is 0 Å². The lowest BCUT2D eigenvalue weighted by Gasteiger charge is -2.30. The third-order valence-corrected chi connectivity index (χ3v) is 8.03. The number of fused-ring (bicyclic) bond motifs is 8. The lowest BCUT2D eigenvalue weighted by molar-refractivity contribution is -0.139. The maximum atomic E-state index is 14.2. The average molecular weight is 542 g/mol. The maximum Gasteiger partial charge on any atom is 0.226 e. The van der Waals surface area contributed by atoms with Gasteiger partial charge in [-0.05, 0) is 67.4 Å². The molecule has 208 valence electrons. The first kappa shape index (κ1) is 26.5. The number of hydrogen-bond donors (Lipinski definition) is 0. The molecule has 4 aromatic rings. The van der Waals surface area contributed by atoms with E-state index in [1.807, 2.05) is 35.2 Å². The molecule has 3 aromatic carbocycles. The standard InChI is InChI=1S/C33H36FN3O3/c1-35-14-17-40-30-7-3-6-27(20-30)32-21-28-19-29(34)8-9-31(28)37(32)13-12-36(33(38)26-10-15-39-16-11-26)23-25-5-2-4-24(18-25)22-35/h2-9,18-21,26H,10-17,22-23H2,1H3. The van der Waals surface area contributed by atoms with Crippen molar-refractivity contribution in [2.45, 2.75) is 32.5 Å². The number of nitrogens with zero attached hydrogens (tertiary/aromatic N) is 3. The second-order valence-corrected chi connectivity index (χ2v) is 11.0. The zero-order valence-electron chi connectivity index (χ0n) is 23.0. The van der Waals surface area contributed by atoms with Crippen LogP contribution in [0.2, 0.25) is 0 Å². The van der Waals surface area contributed by atoms with Gasteiger partial charge in [0.2, 0.25) is 5.91 Å². The molecule has 3 heterocycles. The minimum Gasteiger partial charge on any atom is -0.492 e. The maximum absolute atomic E-state index is 14.2. The van der Waals surface area contributed by atoms with Crippen LogP contribution in [-0.4, -0.2) is 60.2 Å². The minimum absolute atomic E-state index is 0.0269. The fraction of sp³-hybridized carbons (Fsp3) is 0.364. The molecule has 2 aliphatic heterocycles. The van der Waals surface area contributed by atoms with Gasteiger partial charge in [-0.15, -0.1) is 0 Å². The van der Waals surface area contributed by atoms with Crippen LogP contribution in [0.15, 0.2) is 72.8 Å². The molecule has 7 heteroatoms. The number of amides is 1. The molecule has 0 radical (unpaired) electrons. The van der Waals surface area contributed by atoms with E-state index in [-0.39, 0.29) is 17.6 Å². The van der Waals surface area contributed by atoms with Crippen molar-refractivity contribution in [3.63, 3.8) is 0 Å². The first-order chi connectivity index (χ1) is 19.5. The summed E-state index contributed by atoms with van der Waals surface area (Å²) in [6.45, 7) is 5.10.